The van der Waals surface area contributed by atoms with Crippen molar-refractivity contribution in [1.82, 2.24) is 0 Å². The fourth-order valence-electron chi connectivity index (χ4n) is 7.36. The van der Waals surface area contributed by atoms with Crippen LogP contribution in [-0.2, 0) is 19.1 Å². The predicted octanol–water partition coefficient (Wildman–Crippen LogP) is 17.1. The average Bonchev–Trinajstić information content (AvgIpc) is 3.25. The van der Waals surface area contributed by atoms with E-state index >= 15 is 0 Å². The van der Waals surface area contributed by atoms with Gasteiger partial charge in [0.1, 0.15) is 6.61 Å². The number of hydrogen-bond acceptors (Lipinski definition) is 5. The number of ether oxygens (including phenoxy) is 2. The van der Waals surface area contributed by atoms with Crippen LogP contribution in [0.2, 0.25) is 0 Å². The lowest BCUT2D eigenvalue weighted by atomic mass is 10.0. The van der Waals surface area contributed by atoms with E-state index in [1.165, 1.54) is 173 Å². The zero-order valence-corrected chi connectivity index (χ0v) is 39.7. The van der Waals surface area contributed by atoms with Crippen LogP contribution in [0.3, 0.4) is 0 Å². The van der Waals surface area contributed by atoms with E-state index in [-0.39, 0.29) is 25.2 Å². The molecule has 1 atom stereocenters. The monoisotopic (exact) mass is 839 g/mol. The Morgan fingerprint density at radius 3 is 1.03 bits per heavy atom. The summed E-state index contributed by atoms with van der Waals surface area (Å²) in [6.07, 6.45) is 67.4. The Morgan fingerprint density at radius 2 is 0.667 bits per heavy atom. The minimum atomic E-state index is -0.777. The van der Waals surface area contributed by atoms with Gasteiger partial charge in [-0.3, -0.25) is 9.59 Å². The van der Waals surface area contributed by atoms with Crippen molar-refractivity contribution >= 4 is 11.9 Å². The molecule has 5 heteroatoms. The second-order valence-corrected chi connectivity index (χ2v) is 17.2. The quantitative estimate of drug-likeness (QED) is 0.0375. The summed E-state index contributed by atoms with van der Waals surface area (Å²) in [7, 11) is 0. The molecule has 0 bridgehead atoms. The number of carbonyl (C=O) groups is 2. The third kappa shape index (κ3) is 48.3. The van der Waals surface area contributed by atoms with E-state index in [0.29, 0.717) is 12.8 Å². The summed E-state index contributed by atoms with van der Waals surface area (Å²) in [5, 5.41) is 9.63. The molecule has 1 N–H and O–H groups in total. The summed E-state index contributed by atoms with van der Waals surface area (Å²) in [5.41, 5.74) is 0. The number of allylic oxidation sites excluding steroid dienone is 10. The molecule has 348 valence electrons. The molecular formula is C55H98O5. The Bertz CT molecular complexity index is 1040. The van der Waals surface area contributed by atoms with Crippen LogP contribution < -0.4 is 0 Å². The lowest BCUT2D eigenvalue weighted by Gasteiger charge is -2.15. The van der Waals surface area contributed by atoms with Gasteiger partial charge in [-0.05, 0) is 83.5 Å². The Balaban J connectivity index is 3.51. The second kappa shape index (κ2) is 51.0. The highest BCUT2D eigenvalue weighted by molar-refractivity contribution is 5.70. The van der Waals surface area contributed by atoms with E-state index in [4.69, 9.17) is 9.47 Å². The zero-order chi connectivity index (χ0) is 43.5. The van der Waals surface area contributed by atoms with Crippen molar-refractivity contribution in [3.8, 4) is 0 Å². The summed E-state index contributed by atoms with van der Waals surface area (Å²) >= 11 is 0. The van der Waals surface area contributed by atoms with Crippen molar-refractivity contribution in [2.45, 2.75) is 264 Å². The highest BCUT2D eigenvalue weighted by Crippen LogP contribution is 2.15. The van der Waals surface area contributed by atoms with E-state index in [1.807, 2.05) is 0 Å². The molecular weight excluding hydrogens is 741 g/mol. The fraction of sp³-hybridized carbons (Fsp3) is 0.782. The Morgan fingerprint density at radius 1 is 0.383 bits per heavy atom. The molecule has 5 nitrogen and oxygen atoms in total. The maximum absolute atomic E-state index is 12.3. The number of esters is 2. The fourth-order valence-corrected chi connectivity index (χ4v) is 7.36. The third-order valence-corrected chi connectivity index (χ3v) is 11.3. The zero-order valence-electron chi connectivity index (χ0n) is 39.7. The molecule has 0 saturated heterocycles. The molecule has 0 radical (unpaired) electrons. The van der Waals surface area contributed by atoms with Crippen LogP contribution in [0.1, 0.15) is 258 Å². The van der Waals surface area contributed by atoms with Crippen LogP contribution in [0, 0.1) is 0 Å². The summed E-state index contributed by atoms with van der Waals surface area (Å²) in [4.78, 5) is 24.5. The number of aliphatic hydroxyl groups is 1. The smallest absolute Gasteiger partial charge is 0.306 e. The predicted molar refractivity (Wildman–Crippen MR) is 260 cm³/mol. The summed E-state index contributed by atoms with van der Waals surface area (Å²) in [6, 6.07) is 0. The maximum Gasteiger partial charge on any atom is 0.306 e. The van der Waals surface area contributed by atoms with Crippen molar-refractivity contribution < 1.29 is 24.2 Å². The molecule has 0 aromatic carbocycles. The van der Waals surface area contributed by atoms with E-state index in [0.717, 1.165) is 57.8 Å². The van der Waals surface area contributed by atoms with Crippen LogP contribution in [-0.4, -0.2) is 36.4 Å². The summed E-state index contributed by atoms with van der Waals surface area (Å²) in [5.74, 6) is -0.592. The molecule has 60 heavy (non-hydrogen) atoms. The highest BCUT2D eigenvalue weighted by atomic mass is 16.6. The lowest BCUT2D eigenvalue weighted by Crippen LogP contribution is -2.28. The molecule has 0 aliphatic heterocycles. The van der Waals surface area contributed by atoms with Crippen molar-refractivity contribution in [3.05, 3.63) is 60.8 Å². The van der Waals surface area contributed by atoms with Gasteiger partial charge in [0, 0.05) is 12.8 Å². The minimum absolute atomic E-state index is 0.0691. The summed E-state index contributed by atoms with van der Waals surface area (Å²) < 4.78 is 10.7. The topological polar surface area (TPSA) is 72.8 Å². The first-order valence-electron chi connectivity index (χ1n) is 25.8. The van der Waals surface area contributed by atoms with Gasteiger partial charge in [-0.25, -0.2) is 0 Å². The largest absolute Gasteiger partial charge is 0.462 e. The molecule has 0 rings (SSSR count). The van der Waals surface area contributed by atoms with Crippen LogP contribution in [0.15, 0.2) is 60.8 Å². The Hall–Kier alpha value is -2.40. The lowest BCUT2D eigenvalue weighted by molar-refractivity contribution is -0.161. The number of carbonyl (C=O) groups excluding carboxylic acids is 2. The molecule has 0 aromatic rings. The SMILES string of the molecule is CCCCC/C=C\C/C=C\CCCCCCCCCCCC(=O)OCC(CO)OC(=O)CCCCCCCCCCCCCC/C=C\C/C=C\C/C=C\CCCCCCC. The molecule has 0 saturated carbocycles. The highest BCUT2D eigenvalue weighted by Gasteiger charge is 2.16. The number of hydrogen-bond donors (Lipinski definition) is 1. The van der Waals surface area contributed by atoms with Gasteiger partial charge in [-0.2, -0.15) is 0 Å². The van der Waals surface area contributed by atoms with E-state index in [2.05, 4.69) is 74.6 Å². The van der Waals surface area contributed by atoms with Crippen molar-refractivity contribution in [2.24, 2.45) is 0 Å². The minimum Gasteiger partial charge on any atom is -0.462 e. The van der Waals surface area contributed by atoms with Gasteiger partial charge in [-0.1, -0.05) is 222 Å². The van der Waals surface area contributed by atoms with Gasteiger partial charge in [0.05, 0.1) is 6.61 Å². The Kier molecular flexibility index (Phi) is 48.9. The van der Waals surface area contributed by atoms with Crippen LogP contribution in [0.25, 0.3) is 0 Å². The molecule has 0 aliphatic carbocycles. The molecule has 0 aromatic heterocycles. The maximum atomic E-state index is 12.3. The van der Waals surface area contributed by atoms with Crippen LogP contribution in [0.5, 0.6) is 0 Å². The summed E-state index contributed by atoms with van der Waals surface area (Å²) in [6.45, 7) is 4.12. The first-order chi connectivity index (χ1) is 29.6. The van der Waals surface area contributed by atoms with Gasteiger partial charge in [-0.15, -0.1) is 0 Å². The van der Waals surface area contributed by atoms with Gasteiger partial charge < -0.3 is 14.6 Å². The first-order valence-corrected chi connectivity index (χ1v) is 25.8. The van der Waals surface area contributed by atoms with E-state index < -0.39 is 6.10 Å². The Labute approximate surface area is 372 Å². The molecule has 0 aliphatic rings. The molecule has 0 amide bonds. The number of unbranched alkanes of at least 4 members (excludes halogenated alkanes) is 29. The van der Waals surface area contributed by atoms with Crippen molar-refractivity contribution in [1.29, 1.82) is 0 Å². The number of aliphatic hydroxyl groups excluding tert-OH is 1. The molecule has 0 spiro atoms. The van der Waals surface area contributed by atoms with Crippen molar-refractivity contribution in [2.75, 3.05) is 13.2 Å². The molecule has 1 unspecified atom stereocenters. The molecule has 0 fully saturated rings. The van der Waals surface area contributed by atoms with Gasteiger partial charge in [0.15, 0.2) is 6.10 Å². The standard InChI is InChI=1S/C55H98O5/c1-3-5-7-9-11-13-15-17-19-21-23-24-25-26-27-28-29-30-32-34-36-38-40-42-44-46-48-50-55(58)60-53(51-56)52-59-54(57)49-47-45-43-41-39-37-35-33-31-22-20-18-16-14-12-10-8-6-4-2/h12,14-15,17-18,20-21,23,25-26,53,56H,3-11,13,16,19,22,24,27-52H2,1-2H3/b14-12-,17-15-,20-18-,23-21-,26-25-. The normalized spacial score (nSPS) is 12.7. The average molecular weight is 839 g/mol. The third-order valence-electron chi connectivity index (χ3n) is 11.3. The van der Waals surface area contributed by atoms with E-state index in [9.17, 15) is 14.7 Å². The van der Waals surface area contributed by atoms with Gasteiger partial charge >= 0.3 is 11.9 Å². The second-order valence-electron chi connectivity index (χ2n) is 17.2. The van der Waals surface area contributed by atoms with Gasteiger partial charge in [0.25, 0.3) is 0 Å². The van der Waals surface area contributed by atoms with Crippen LogP contribution in [0.4, 0.5) is 0 Å². The molecule has 0 heterocycles. The number of rotatable bonds is 47. The first kappa shape index (κ1) is 57.6. The van der Waals surface area contributed by atoms with Crippen LogP contribution >= 0.6 is 0 Å². The van der Waals surface area contributed by atoms with E-state index in [1.54, 1.807) is 0 Å². The van der Waals surface area contributed by atoms with Crippen molar-refractivity contribution in [3.63, 3.8) is 0 Å². The van der Waals surface area contributed by atoms with Gasteiger partial charge in [0.2, 0.25) is 0 Å².